The fourth-order valence-electron chi connectivity index (χ4n) is 4.09. The second kappa shape index (κ2) is 9.18. The number of rotatable bonds is 4. The zero-order chi connectivity index (χ0) is 24.6. The van der Waals surface area contributed by atoms with Gasteiger partial charge >= 0.3 is 5.97 Å². The Morgan fingerprint density at radius 2 is 1.74 bits per heavy atom. The van der Waals surface area contributed by atoms with Gasteiger partial charge in [0.25, 0.3) is 5.56 Å². The summed E-state index contributed by atoms with van der Waals surface area (Å²) in [5.74, 6) is -0.443. The van der Waals surface area contributed by atoms with Crippen LogP contribution in [0.2, 0.25) is 0 Å². The number of aryl methyl sites for hydroxylation is 1. The molecule has 1 aliphatic rings. The highest BCUT2D eigenvalue weighted by molar-refractivity contribution is 7.07. The highest BCUT2D eigenvalue weighted by atomic mass is 32.1. The number of nitrogens with zero attached hydrogens (tertiary/aromatic N) is 2. The topological polar surface area (TPSA) is 60.7 Å². The number of benzene rings is 2. The lowest BCUT2D eigenvalue weighted by Crippen LogP contribution is -2.39. The molecule has 0 amide bonds. The number of carbonyl (C=O) groups is 1. The second-order valence-corrected chi connectivity index (χ2v) is 10.6. The summed E-state index contributed by atoms with van der Waals surface area (Å²) in [6.45, 7) is 12.4. The predicted octanol–water partition coefficient (Wildman–Crippen LogP) is 4.40. The summed E-state index contributed by atoms with van der Waals surface area (Å²) < 4.78 is 7.56. The first-order valence-corrected chi connectivity index (χ1v) is 12.3. The molecule has 0 bridgehead atoms. The van der Waals surface area contributed by atoms with Crippen LogP contribution in [-0.4, -0.2) is 17.1 Å². The van der Waals surface area contributed by atoms with Crippen molar-refractivity contribution < 1.29 is 9.53 Å². The van der Waals surface area contributed by atoms with E-state index in [0.717, 1.165) is 16.7 Å². The maximum absolute atomic E-state index is 13.6. The van der Waals surface area contributed by atoms with Crippen molar-refractivity contribution >= 4 is 23.4 Å². The first-order chi connectivity index (χ1) is 16.1. The third-order valence-corrected chi connectivity index (χ3v) is 6.97. The van der Waals surface area contributed by atoms with Gasteiger partial charge in [-0.1, -0.05) is 86.2 Å². The van der Waals surface area contributed by atoms with E-state index in [9.17, 15) is 9.59 Å². The normalized spacial score (nSPS) is 16.3. The van der Waals surface area contributed by atoms with Gasteiger partial charge in [0.1, 0.15) is 0 Å². The average molecular weight is 475 g/mol. The molecule has 0 N–H and O–H groups in total. The minimum atomic E-state index is -0.582. The number of thiazole rings is 1. The number of ether oxygens (including phenoxy) is 1. The lowest BCUT2D eigenvalue weighted by Gasteiger charge is -2.24. The van der Waals surface area contributed by atoms with Crippen molar-refractivity contribution in [1.82, 2.24) is 4.57 Å². The van der Waals surface area contributed by atoms with E-state index < -0.39 is 12.0 Å². The molecule has 0 aliphatic carbocycles. The van der Waals surface area contributed by atoms with E-state index in [4.69, 9.17) is 4.74 Å². The zero-order valence-electron chi connectivity index (χ0n) is 20.5. The second-order valence-electron chi connectivity index (χ2n) is 9.58. The number of hydrogen-bond donors (Lipinski definition) is 0. The number of aromatic nitrogens is 1. The predicted molar refractivity (Wildman–Crippen MR) is 137 cm³/mol. The van der Waals surface area contributed by atoms with Gasteiger partial charge in [-0.25, -0.2) is 9.79 Å². The van der Waals surface area contributed by atoms with Crippen molar-refractivity contribution in [3.63, 3.8) is 0 Å². The summed E-state index contributed by atoms with van der Waals surface area (Å²) in [6.07, 6.45) is 1.89. The molecule has 5 nitrogen and oxygen atoms in total. The van der Waals surface area contributed by atoms with Crippen LogP contribution < -0.4 is 14.9 Å². The SMILES string of the molecule is CCOC(=O)C1=C(C)N=c2s/c(=C\c3ccc(C(C)(C)C)cc3)c(=O)n2[C@@H]1c1ccc(C)cc1. The van der Waals surface area contributed by atoms with Gasteiger partial charge < -0.3 is 4.74 Å². The molecular weight excluding hydrogens is 444 g/mol. The summed E-state index contributed by atoms with van der Waals surface area (Å²) in [6, 6.07) is 15.6. The highest BCUT2D eigenvalue weighted by Crippen LogP contribution is 2.31. The molecule has 0 saturated carbocycles. The average Bonchev–Trinajstić information content (AvgIpc) is 3.08. The van der Waals surface area contributed by atoms with Gasteiger partial charge in [-0.05, 0) is 49.0 Å². The number of carbonyl (C=O) groups excluding carboxylic acids is 1. The Morgan fingerprint density at radius 3 is 2.32 bits per heavy atom. The van der Waals surface area contributed by atoms with Crippen molar-refractivity contribution in [2.45, 2.75) is 53.0 Å². The summed E-state index contributed by atoms with van der Waals surface area (Å²) in [5, 5.41) is 0. The lowest BCUT2D eigenvalue weighted by atomic mass is 9.87. The van der Waals surface area contributed by atoms with Gasteiger partial charge in [-0.3, -0.25) is 9.36 Å². The third kappa shape index (κ3) is 4.55. The largest absolute Gasteiger partial charge is 0.463 e. The summed E-state index contributed by atoms with van der Waals surface area (Å²) in [4.78, 5) is 31.8. The maximum atomic E-state index is 13.6. The van der Waals surface area contributed by atoms with Crippen molar-refractivity contribution in [1.29, 1.82) is 0 Å². The molecule has 0 unspecified atom stereocenters. The summed E-state index contributed by atoms with van der Waals surface area (Å²) in [7, 11) is 0. The molecular formula is C28H30N2O3S. The van der Waals surface area contributed by atoms with Crippen LogP contribution in [0.25, 0.3) is 6.08 Å². The molecule has 3 aromatic rings. The Kier molecular flexibility index (Phi) is 6.45. The van der Waals surface area contributed by atoms with E-state index >= 15 is 0 Å². The fourth-order valence-corrected chi connectivity index (χ4v) is 5.13. The van der Waals surface area contributed by atoms with Crippen LogP contribution in [0.4, 0.5) is 0 Å². The number of fused-ring (bicyclic) bond motifs is 1. The van der Waals surface area contributed by atoms with Crippen LogP contribution in [0.1, 0.15) is 62.9 Å². The van der Waals surface area contributed by atoms with E-state index in [1.54, 1.807) is 18.4 Å². The summed E-state index contributed by atoms with van der Waals surface area (Å²) in [5.41, 5.74) is 5.02. The van der Waals surface area contributed by atoms with Crippen molar-refractivity contribution in [2.24, 2.45) is 4.99 Å². The first-order valence-electron chi connectivity index (χ1n) is 11.5. The van der Waals surface area contributed by atoms with Crippen LogP contribution >= 0.6 is 11.3 Å². The van der Waals surface area contributed by atoms with E-state index in [0.29, 0.717) is 20.6 Å². The molecule has 0 spiro atoms. The molecule has 2 heterocycles. The van der Waals surface area contributed by atoms with Crippen LogP contribution in [0.15, 0.2) is 69.6 Å². The molecule has 0 fully saturated rings. The maximum Gasteiger partial charge on any atom is 0.338 e. The van der Waals surface area contributed by atoms with E-state index in [1.165, 1.54) is 16.9 Å². The Balaban J connectivity index is 1.88. The fraction of sp³-hybridized carbons (Fsp3) is 0.321. The Hall–Kier alpha value is -3.25. The molecule has 1 aromatic heterocycles. The van der Waals surface area contributed by atoms with Crippen LogP contribution in [-0.2, 0) is 14.9 Å². The third-order valence-electron chi connectivity index (χ3n) is 5.98. The highest BCUT2D eigenvalue weighted by Gasteiger charge is 2.33. The Labute approximate surface area is 203 Å². The van der Waals surface area contributed by atoms with Gasteiger partial charge in [0.15, 0.2) is 4.80 Å². The molecule has 1 atom stereocenters. The van der Waals surface area contributed by atoms with Crippen LogP contribution in [0.3, 0.4) is 0 Å². The number of esters is 1. The van der Waals surface area contributed by atoms with Gasteiger partial charge in [-0.15, -0.1) is 0 Å². The Bertz CT molecular complexity index is 1430. The molecule has 4 rings (SSSR count). The van der Waals surface area contributed by atoms with Gasteiger partial charge in [0, 0.05) is 0 Å². The van der Waals surface area contributed by atoms with Crippen molar-refractivity contribution in [2.75, 3.05) is 6.61 Å². The monoisotopic (exact) mass is 474 g/mol. The minimum absolute atomic E-state index is 0.0624. The van der Waals surface area contributed by atoms with Crippen molar-refractivity contribution in [3.05, 3.63) is 102 Å². The lowest BCUT2D eigenvalue weighted by molar-refractivity contribution is -0.139. The van der Waals surface area contributed by atoms with Crippen LogP contribution in [0, 0.1) is 6.92 Å². The van der Waals surface area contributed by atoms with Crippen LogP contribution in [0.5, 0.6) is 0 Å². The standard InChI is InChI=1S/C28H30N2O3S/c1-7-33-26(32)23-18(3)29-27-30(24(23)20-12-8-17(2)9-13-20)25(31)22(34-27)16-19-10-14-21(15-11-19)28(4,5)6/h8-16,24H,7H2,1-6H3/b22-16-/t24-/m1/s1. The number of hydrogen-bond acceptors (Lipinski definition) is 5. The summed E-state index contributed by atoms with van der Waals surface area (Å²) >= 11 is 1.34. The molecule has 176 valence electrons. The van der Waals surface area contributed by atoms with E-state index in [-0.39, 0.29) is 17.6 Å². The smallest absolute Gasteiger partial charge is 0.338 e. The van der Waals surface area contributed by atoms with Gasteiger partial charge in [0.05, 0.1) is 28.5 Å². The molecule has 0 radical (unpaired) electrons. The van der Waals surface area contributed by atoms with E-state index in [2.05, 4.69) is 37.9 Å². The molecule has 34 heavy (non-hydrogen) atoms. The molecule has 0 saturated heterocycles. The zero-order valence-corrected chi connectivity index (χ0v) is 21.3. The van der Waals surface area contributed by atoms with E-state index in [1.807, 2.05) is 49.4 Å². The molecule has 6 heteroatoms. The van der Waals surface area contributed by atoms with Crippen molar-refractivity contribution in [3.8, 4) is 0 Å². The molecule has 1 aliphatic heterocycles. The number of allylic oxidation sites excluding steroid dienone is 1. The Morgan fingerprint density at radius 1 is 1.09 bits per heavy atom. The van der Waals surface area contributed by atoms with Gasteiger partial charge in [-0.2, -0.15) is 0 Å². The first kappa shape index (κ1) is 23.9. The minimum Gasteiger partial charge on any atom is -0.463 e. The molecule has 2 aromatic carbocycles. The van der Waals surface area contributed by atoms with Gasteiger partial charge in [0.2, 0.25) is 0 Å². The quantitative estimate of drug-likeness (QED) is 0.527.